The van der Waals surface area contributed by atoms with Crippen LogP contribution in [0.2, 0.25) is 5.15 Å². The predicted molar refractivity (Wildman–Crippen MR) is 124 cm³/mol. The highest BCUT2D eigenvalue weighted by atomic mass is 35.5. The molecule has 2 aromatic heterocycles. The number of hydrogen-bond acceptors (Lipinski definition) is 7. The second-order valence-corrected chi connectivity index (χ2v) is 9.93. The van der Waals surface area contributed by atoms with Gasteiger partial charge in [-0.3, -0.25) is 4.90 Å². The molecular formula is C23H21ClF3N5OS. The van der Waals surface area contributed by atoms with Gasteiger partial charge in [0.05, 0.1) is 6.04 Å². The van der Waals surface area contributed by atoms with Gasteiger partial charge in [0.1, 0.15) is 16.7 Å². The number of rotatable bonds is 4. The number of aromatic nitrogens is 3. The van der Waals surface area contributed by atoms with E-state index < -0.39 is 29.5 Å². The second kappa shape index (κ2) is 8.42. The van der Waals surface area contributed by atoms with Crippen molar-refractivity contribution in [1.82, 2.24) is 19.9 Å². The highest BCUT2D eigenvalue weighted by Gasteiger charge is 2.54. The molecule has 0 N–H and O–H groups in total. The summed E-state index contributed by atoms with van der Waals surface area (Å²) < 4.78 is 49.9. The first-order valence-corrected chi connectivity index (χ1v) is 12.7. The first kappa shape index (κ1) is 22.2. The standard InChI is InChI=1S/C23H21ClF3N5OS/c1-34-23-28-16-14-21(30-23)32-10-12-7-8-13(31(12)9-11-5-3-2-4-6-11)17(32)18(20(26)27)33-22(14)29-19(24)15(16)25/h2-6,12-13,17-18,20H,7-10H2,1H3. The Morgan fingerprint density at radius 3 is 2.71 bits per heavy atom. The lowest BCUT2D eigenvalue weighted by atomic mass is 9.96. The quantitative estimate of drug-likeness (QED) is 0.286. The van der Waals surface area contributed by atoms with Crippen LogP contribution in [0.5, 0.6) is 5.88 Å². The Hall–Kier alpha value is -2.30. The van der Waals surface area contributed by atoms with Gasteiger partial charge in [0.25, 0.3) is 6.43 Å². The van der Waals surface area contributed by atoms with E-state index in [1.54, 1.807) is 6.26 Å². The van der Waals surface area contributed by atoms with E-state index in [9.17, 15) is 13.2 Å². The molecule has 1 aromatic carbocycles. The molecule has 2 saturated heterocycles. The molecule has 178 valence electrons. The Labute approximate surface area is 203 Å². The van der Waals surface area contributed by atoms with Crippen LogP contribution < -0.4 is 9.64 Å². The van der Waals surface area contributed by atoms with Gasteiger partial charge in [-0.2, -0.15) is 4.98 Å². The number of piperazine rings is 1. The van der Waals surface area contributed by atoms with Gasteiger partial charge in [-0.05, 0) is 24.7 Å². The van der Waals surface area contributed by atoms with Crippen LogP contribution in [0.15, 0.2) is 35.5 Å². The summed E-state index contributed by atoms with van der Waals surface area (Å²) in [7, 11) is 0. The normalized spacial score (nSPS) is 26.0. The van der Waals surface area contributed by atoms with Crippen LogP contribution in [-0.4, -0.2) is 63.3 Å². The van der Waals surface area contributed by atoms with Gasteiger partial charge in [-0.15, -0.1) is 0 Å². The van der Waals surface area contributed by atoms with E-state index in [1.165, 1.54) is 11.8 Å². The summed E-state index contributed by atoms with van der Waals surface area (Å²) in [5.74, 6) is -0.563. The van der Waals surface area contributed by atoms with Gasteiger partial charge in [0.15, 0.2) is 22.2 Å². The molecule has 4 atom stereocenters. The van der Waals surface area contributed by atoms with Crippen molar-refractivity contribution >= 4 is 40.1 Å². The fourth-order valence-electron chi connectivity index (χ4n) is 5.61. The number of anilines is 1. The van der Waals surface area contributed by atoms with Crippen molar-refractivity contribution in [2.45, 2.75) is 55.2 Å². The molecule has 3 aliphatic heterocycles. The number of fused-ring (bicyclic) bond motifs is 5. The van der Waals surface area contributed by atoms with E-state index in [2.05, 4.69) is 19.9 Å². The van der Waals surface area contributed by atoms with Gasteiger partial charge < -0.3 is 9.64 Å². The largest absolute Gasteiger partial charge is 0.465 e. The van der Waals surface area contributed by atoms with Gasteiger partial charge in [0.2, 0.25) is 5.88 Å². The third-order valence-corrected chi connectivity index (χ3v) is 7.82. The minimum atomic E-state index is -2.79. The van der Waals surface area contributed by atoms with Crippen LogP contribution in [-0.2, 0) is 6.54 Å². The first-order valence-electron chi connectivity index (χ1n) is 11.1. The number of halogens is 4. The van der Waals surface area contributed by atoms with Crippen molar-refractivity contribution in [2.75, 3.05) is 17.7 Å². The molecule has 11 heteroatoms. The van der Waals surface area contributed by atoms with Gasteiger partial charge in [0, 0.05) is 25.2 Å². The van der Waals surface area contributed by atoms with E-state index >= 15 is 0 Å². The van der Waals surface area contributed by atoms with E-state index in [0.29, 0.717) is 24.1 Å². The van der Waals surface area contributed by atoms with Crippen molar-refractivity contribution in [3.8, 4) is 5.88 Å². The van der Waals surface area contributed by atoms with Crippen LogP contribution in [0.3, 0.4) is 0 Å². The Bertz CT molecular complexity index is 1250. The van der Waals surface area contributed by atoms with Gasteiger partial charge >= 0.3 is 0 Å². The molecule has 34 heavy (non-hydrogen) atoms. The van der Waals surface area contributed by atoms with E-state index in [0.717, 1.165) is 18.4 Å². The van der Waals surface area contributed by atoms with E-state index in [4.69, 9.17) is 16.3 Å². The van der Waals surface area contributed by atoms with Gasteiger partial charge in [-0.1, -0.05) is 53.7 Å². The van der Waals surface area contributed by atoms with Crippen molar-refractivity contribution in [3.05, 3.63) is 46.9 Å². The molecule has 0 aliphatic carbocycles. The van der Waals surface area contributed by atoms with E-state index in [1.807, 2.05) is 35.2 Å². The molecule has 0 spiro atoms. The summed E-state index contributed by atoms with van der Waals surface area (Å²) in [6.07, 6.45) is -0.848. The average molecular weight is 508 g/mol. The minimum absolute atomic E-state index is 0.0583. The molecule has 5 heterocycles. The zero-order valence-corrected chi connectivity index (χ0v) is 19.7. The van der Waals surface area contributed by atoms with E-state index in [-0.39, 0.29) is 28.9 Å². The molecular weight excluding hydrogens is 487 g/mol. The fourth-order valence-corrected chi connectivity index (χ4v) is 6.14. The number of thioether (sulfide) groups is 1. The number of benzene rings is 1. The van der Waals surface area contributed by atoms with Crippen LogP contribution in [0, 0.1) is 5.82 Å². The van der Waals surface area contributed by atoms with Crippen LogP contribution in [0.25, 0.3) is 10.9 Å². The van der Waals surface area contributed by atoms with Crippen LogP contribution >= 0.6 is 23.4 Å². The molecule has 2 fully saturated rings. The Morgan fingerprint density at radius 2 is 1.97 bits per heavy atom. The number of hydrogen-bond donors (Lipinski definition) is 0. The summed E-state index contributed by atoms with van der Waals surface area (Å²) in [5, 5.41) is 0.0750. The average Bonchev–Trinajstić information content (AvgIpc) is 3.03. The highest BCUT2D eigenvalue weighted by Crippen LogP contribution is 2.46. The number of nitrogens with zero attached hydrogens (tertiary/aromatic N) is 5. The number of ether oxygens (including phenoxy) is 1. The van der Waals surface area contributed by atoms with Crippen molar-refractivity contribution in [1.29, 1.82) is 0 Å². The Balaban J connectivity index is 1.51. The predicted octanol–water partition coefficient (Wildman–Crippen LogP) is 4.79. The lowest BCUT2D eigenvalue weighted by Gasteiger charge is -2.48. The third-order valence-electron chi connectivity index (χ3n) is 7.02. The summed E-state index contributed by atoms with van der Waals surface area (Å²) in [5.41, 5.74) is 1.07. The Kier molecular flexibility index (Phi) is 5.50. The van der Waals surface area contributed by atoms with Crippen molar-refractivity contribution < 1.29 is 17.9 Å². The minimum Gasteiger partial charge on any atom is -0.465 e. The monoisotopic (exact) mass is 507 g/mol. The van der Waals surface area contributed by atoms with Crippen LogP contribution in [0.1, 0.15) is 18.4 Å². The van der Waals surface area contributed by atoms with Crippen molar-refractivity contribution in [3.63, 3.8) is 0 Å². The number of alkyl halides is 2. The summed E-state index contributed by atoms with van der Waals surface area (Å²) in [6.45, 7) is 1.14. The SMILES string of the molecule is CSc1nc2c3c(nc(Cl)c(F)c3n1)OC(C(F)F)C1C3CCC(CN21)N3Cc1ccccc1. The van der Waals surface area contributed by atoms with Crippen LogP contribution in [0.4, 0.5) is 19.0 Å². The maximum atomic E-state index is 15.0. The summed E-state index contributed by atoms with van der Waals surface area (Å²) >= 11 is 7.26. The van der Waals surface area contributed by atoms with Crippen molar-refractivity contribution in [2.24, 2.45) is 0 Å². The maximum absolute atomic E-state index is 15.0. The second-order valence-electron chi connectivity index (χ2n) is 8.80. The maximum Gasteiger partial charge on any atom is 0.276 e. The van der Waals surface area contributed by atoms with Gasteiger partial charge in [-0.25, -0.2) is 23.1 Å². The lowest BCUT2D eigenvalue weighted by Crippen LogP contribution is -2.65. The zero-order chi connectivity index (χ0) is 23.6. The third kappa shape index (κ3) is 3.41. The smallest absolute Gasteiger partial charge is 0.276 e. The zero-order valence-electron chi connectivity index (χ0n) is 18.2. The lowest BCUT2D eigenvalue weighted by molar-refractivity contribution is -0.0309. The topological polar surface area (TPSA) is 54.4 Å². The first-order chi connectivity index (χ1) is 16.5. The highest BCUT2D eigenvalue weighted by molar-refractivity contribution is 7.98. The fraction of sp³-hybridized carbons (Fsp3) is 0.435. The molecule has 3 aliphatic rings. The molecule has 0 radical (unpaired) electrons. The summed E-state index contributed by atoms with van der Waals surface area (Å²) in [6, 6.07) is 9.28. The molecule has 2 bridgehead atoms. The molecule has 0 amide bonds. The molecule has 4 unspecified atom stereocenters. The molecule has 0 saturated carbocycles. The molecule has 6 rings (SSSR count). The Morgan fingerprint density at radius 1 is 1.18 bits per heavy atom. The summed E-state index contributed by atoms with van der Waals surface area (Å²) in [4.78, 5) is 17.1. The number of pyridine rings is 1. The molecule has 6 nitrogen and oxygen atoms in total. The molecule has 3 aromatic rings.